The summed E-state index contributed by atoms with van der Waals surface area (Å²) < 4.78 is 12.1. The number of carbonyl (C=O) groups excluding carboxylic acids is 1. The topological polar surface area (TPSA) is 35.5 Å². The normalized spacial score (nSPS) is 10.6. The first-order chi connectivity index (χ1) is 16.1. The van der Waals surface area contributed by atoms with Crippen LogP contribution < -0.4 is 33.6 Å². The predicted molar refractivity (Wildman–Crippen MR) is 135 cm³/mol. The summed E-state index contributed by atoms with van der Waals surface area (Å²) in [5.41, 5.74) is 2.19. The van der Waals surface area contributed by atoms with Gasteiger partial charge in [0.05, 0.1) is 15.8 Å². The molecule has 7 heteroatoms. The number of hydrogen-bond donors (Lipinski definition) is 0. The molecule has 0 saturated heterocycles. The van der Waals surface area contributed by atoms with Crippen LogP contribution in [-0.2, 0) is 13.2 Å². The Balaban J connectivity index is 0.00000324. The Morgan fingerprint density at radius 3 is 1.85 bits per heavy atom. The van der Waals surface area contributed by atoms with Crippen molar-refractivity contribution in [2.45, 2.75) is 13.2 Å². The molecular formula is C27H20Cl2LiO3P. The molecule has 0 spiro atoms. The molecule has 0 atom stereocenters. The summed E-state index contributed by atoms with van der Waals surface area (Å²) in [4.78, 5) is 13.0. The van der Waals surface area contributed by atoms with Crippen LogP contribution >= 0.6 is 31.8 Å². The molecule has 0 heterocycles. The summed E-state index contributed by atoms with van der Waals surface area (Å²) in [7, 11) is 0.410. The standard InChI is InChI=1S/C27H20Cl2O3P.Li/c28-22-12-7-13-23(29)26(22)27(30)33-25-15-14-21(31-17-19-8-3-1-4-9-19)16-24(25)32-18-20-10-5-2-6-11-20;/h1-16H,17-18H2;/q-1;+1. The number of hydrogen-bond acceptors (Lipinski definition) is 3. The maximum Gasteiger partial charge on any atom is 1.00 e. The van der Waals surface area contributed by atoms with Crippen molar-refractivity contribution in [2.24, 2.45) is 0 Å². The zero-order chi connectivity index (χ0) is 23.0. The first kappa shape index (κ1) is 26.4. The van der Waals surface area contributed by atoms with Gasteiger partial charge in [-0.2, -0.15) is 5.30 Å². The van der Waals surface area contributed by atoms with Crippen LogP contribution in [0.4, 0.5) is 0 Å². The zero-order valence-electron chi connectivity index (χ0n) is 18.6. The Hall–Kier alpha value is -2.24. The zero-order valence-corrected chi connectivity index (χ0v) is 21.0. The van der Waals surface area contributed by atoms with Crippen LogP contribution in [-0.4, -0.2) is 5.52 Å². The van der Waals surface area contributed by atoms with Crippen molar-refractivity contribution in [3.8, 4) is 11.5 Å². The minimum atomic E-state index is -0.201. The number of halogens is 2. The molecule has 0 aliphatic rings. The van der Waals surface area contributed by atoms with E-state index >= 15 is 0 Å². The molecule has 0 aromatic heterocycles. The fourth-order valence-corrected chi connectivity index (χ4v) is 4.80. The fraction of sp³-hybridized carbons (Fsp3) is 0.0741. The Bertz CT molecular complexity index is 1220. The van der Waals surface area contributed by atoms with E-state index in [2.05, 4.69) is 0 Å². The molecule has 166 valence electrons. The van der Waals surface area contributed by atoms with Crippen molar-refractivity contribution in [3.63, 3.8) is 0 Å². The number of rotatable bonds is 9. The fourth-order valence-electron chi connectivity index (χ4n) is 3.14. The van der Waals surface area contributed by atoms with Gasteiger partial charge in [-0.25, -0.2) is 0 Å². The maximum atomic E-state index is 13.0. The van der Waals surface area contributed by atoms with Crippen molar-refractivity contribution in [3.05, 3.63) is 124 Å². The third-order valence-electron chi connectivity index (χ3n) is 4.82. The SMILES string of the molecule is O=C([P-]c1ccc(OCc2ccccc2)cc1OCc1ccccc1)c1c(Cl)cccc1Cl.[Li+]. The quantitative estimate of drug-likeness (QED) is 0.249. The maximum absolute atomic E-state index is 13.0. The van der Waals surface area contributed by atoms with Crippen LogP contribution in [0.2, 0.25) is 10.0 Å². The molecule has 4 aromatic carbocycles. The van der Waals surface area contributed by atoms with E-state index in [1.54, 1.807) is 18.2 Å². The summed E-state index contributed by atoms with van der Waals surface area (Å²) in [5, 5.41) is 1.36. The smallest absolute Gasteiger partial charge is 0.491 e. The molecule has 0 aliphatic heterocycles. The second-order valence-corrected chi connectivity index (χ2v) is 9.12. The third-order valence-corrected chi connectivity index (χ3v) is 6.48. The minimum Gasteiger partial charge on any atom is -0.491 e. The van der Waals surface area contributed by atoms with Crippen LogP contribution in [0.15, 0.2) is 97.1 Å². The average Bonchev–Trinajstić information content (AvgIpc) is 2.83. The summed E-state index contributed by atoms with van der Waals surface area (Å²) in [5.74, 6) is 1.23. The summed E-state index contributed by atoms with van der Waals surface area (Å²) in [6.07, 6.45) is 0. The summed E-state index contributed by atoms with van der Waals surface area (Å²) in [6, 6.07) is 30.3. The molecule has 0 N–H and O–H groups in total. The largest absolute Gasteiger partial charge is 1.00 e. The Kier molecular flexibility index (Phi) is 10.1. The molecule has 0 fully saturated rings. The Morgan fingerprint density at radius 2 is 1.26 bits per heavy atom. The second-order valence-electron chi connectivity index (χ2n) is 7.19. The molecule has 0 saturated carbocycles. The molecule has 0 unspecified atom stereocenters. The van der Waals surface area contributed by atoms with Gasteiger partial charge in [0, 0.05) is 17.2 Å². The summed E-state index contributed by atoms with van der Waals surface area (Å²) in [6.45, 7) is 0.802. The molecule has 0 radical (unpaired) electrons. The van der Waals surface area contributed by atoms with Crippen molar-refractivity contribution >= 4 is 42.6 Å². The van der Waals surface area contributed by atoms with Gasteiger partial charge in [0.25, 0.3) is 0 Å². The van der Waals surface area contributed by atoms with Gasteiger partial charge < -0.3 is 22.8 Å². The first-order valence-electron chi connectivity index (χ1n) is 10.3. The van der Waals surface area contributed by atoms with Crippen molar-refractivity contribution in [2.75, 3.05) is 0 Å². The van der Waals surface area contributed by atoms with Gasteiger partial charge in [-0.1, -0.05) is 96.0 Å². The van der Waals surface area contributed by atoms with Crippen LogP contribution in [0.5, 0.6) is 11.5 Å². The number of benzene rings is 4. The molecule has 0 aliphatic carbocycles. The number of ether oxygens (including phenoxy) is 2. The molecule has 4 rings (SSSR count). The van der Waals surface area contributed by atoms with E-state index in [1.807, 2.05) is 78.9 Å². The molecule has 3 nitrogen and oxygen atoms in total. The van der Waals surface area contributed by atoms with Crippen molar-refractivity contribution in [1.82, 2.24) is 0 Å². The second kappa shape index (κ2) is 13.0. The monoisotopic (exact) mass is 500 g/mol. The predicted octanol–water partition coefficient (Wildman–Crippen LogP) is 4.57. The Labute approximate surface area is 223 Å². The number of carbonyl (C=O) groups is 1. The van der Waals surface area contributed by atoms with E-state index in [0.717, 1.165) is 11.1 Å². The molecule has 4 aromatic rings. The van der Waals surface area contributed by atoms with E-state index in [4.69, 9.17) is 32.7 Å². The minimum absolute atomic E-state index is 0. The molecular weight excluding hydrogens is 481 g/mol. The van der Waals surface area contributed by atoms with Crippen molar-refractivity contribution < 1.29 is 33.1 Å². The average molecular weight is 501 g/mol. The molecule has 34 heavy (non-hydrogen) atoms. The van der Waals surface area contributed by atoms with Gasteiger partial charge in [-0.15, -0.1) is 0 Å². The van der Waals surface area contributed by atoms with Crippen LogP contribution in [0.25, 0.3) is 0 Å². The molecule has 0 bridgehead atoms. The van der Waals surface area contributed by atoms with Crippen molar-refractivity contribution in [1.29, 1.82) is 0 Å². The van der Waals surface area contributed by atoms with E-state index in [0.29, 0.717) is 54.2 Å². The Morgan fingerprint density at radius 1 is 0.706 bits per heavy atom. The summed E-state index contributed by atoms with van der Waals surface area (Å²) >= 11 is 12.5. The van der Waals surface area contributed by atoms with Gasteiger partial charge >= 0.3 is 18.9 Å². The van der Waals surface area contributed by atoms with Crippen LogP contribution in [0.3, 0.4) is 0 Å². The first-order valence-corrected chi connectivity index (χ1v) is 11.9. The van der Waals surface area contributed by atoms with E-state index in [1.165, 1.54) is 0 Å². The van der Waals surface area contributed by atoms with Gasteiger partial charge in [-0.3, -0.25) is 0 Å². The van der Waals surface area contributed by atoms with E-state index in [-0.39, 0.29) is 24.4 Å². The molecule has 0 amide bonds. The van der Waals surface area contributed by atoms with E-state index in [9.17, 15) is 4.79 Å². The van der Waals surface area contributed by atoms with Gasteiger partial charge in [-0.05, 0) is 29.3 Å². The van der Waals surface area contributed by atoms with Gasteiger partial charge in [0.15, 0.2) is 0 Å². The van der Waals surface area contributed by atoms with Crippen LogP contribution in [0.1, 0.15) is 21.5 Å². The van der Waals surface area contributed by atoms with Crippen LogP contribution in [0, 0.1) is 0 Å². The third kappa shape index (κ3) is 7.13. The van der Waals surface area contributed by atoms with Gasteiger partial charge in [0.2, 0.25) is 0 Å². The van der Waals surface area contributed by atoms with Gasteiger partial charge in [0.1, 0.15) is 19.0 Å². The van der Waals surface area contributed by atoms with E-state index < -0.39 is 0 Å².